The third-order valence-electron chi connectivity index (χ3n) is 3.44. The predicted molar refractivity (Wildman–Crippen MR) is 75.4 cm³/mol. The first kappa shape index (κ1) is 11.8. The molecule has 0 radical (unpaired) electrons. The molecule has 1 heterocycles. The molecule has 3 heteroatoms. The predicted octanol–water partition coefficient (Wildman–Crippen LogP) is 3.75. The fourth-order valence-corrected chi connectivity index (χ4v) is 2.61. The van der Waals surface area contributed by atoms with Gasteiger partial charge in [-0.15, -0.1) is 0 Å². The second kappa shape index (κ2) is 4.79. The van der Waals surface area contributed by atoms with Crippen LogP contribution in [-0.4, -0.2) is 12.6 Å². The molecule has 0 saturated carbocycles. The van der Waals surface area contributed by atoms with Crippen LogP contribution in [0.4, 0.5) is 0 Å². The van der Waals surface area contributed by atoms with E-state index < -0.39 is 0 Å². The van der Waals surface area contributed by atoms with Gasteiger partial charge >= 0.3 is 0 Å². The SMILES string of the molecule is CC[C@@H]1CNCc2cc3c(Cl)cccc3cc2O1. The van der Waals surface area contributed by atoms with E-state index in [1.54, 1.807) is 0 Å². The molecule has 0 fully saturated rings. The van der Waals surface area contributed by atoms with Gasteiger partial charge in [-0.25, -0.2) is 0 Å². The van der Waals surface area contributed by atoms with Gasteiger partial charge in [-0.2, -0.15) is 0 Å². The van der Waals surface area contributed by atoms with E-state index in [0.29, 0.717) is 0 Å². The molecule has 1 atom stereocenters. The molecule has 1 aliphatic heterocycles. The van der Waals surface area contributed by atoms with Crippen molar-refractivity contribution in [2.75, 3.05) is 6.54 Å². The van der Waals surface area contributed by atoms with Gasteiger partial charge in [0.05, 0.1) is 0 Å². The number of ether oxygens (including phenoxy) is 1. The molecule has 0 unspecified atom stereocenters. The highest BCUT2D eigenvalue weighted by Crippen LogP contribution is 2.32. The summed E-state index contributed by atoms with van der Waals surface area (Å²) in [5.41, 5.74) is 1.19. The normalized spacial score (nSPS) is 19.1. The van der Waals surface area contributed by atoms with E-state index in [4.69, 9.17) is 16.3 Å². The van der Waals surface area contributed by atoms with Crippen LogP contribution in [0.25, 0.3) is 10.8 Å². The summed E-state index contributed by atoms with van der Waals surface area (Å²) in [5, 5.41) is 6.45. The summed E-state index contributed by atoms with van der Waals surface area (Å²) >= 11 is 6.24. The van der Waals surface area contributed by atoms with Gasteiger partial charge in [0.25, 0.3) is 0 Å². The van der Waals surface area contributed by atoms with Crippen LogP contribution in [0.1, 0.15) is 18.9 Å². The van der Waals surface area contributed by atoms with Crippen LogP contribution in [0.15, 0.2) is 30.3 Å². The van der Waals surface area contributed by atoms with Crippen molar-refractivity contribution in [1.82, 2.24) is 5.32 Å². The Morgan fingerprint density at radius 3 is 3.11 bits per heavy atom. The molecule has 2 nitrogen and oxygen atoms in total. The Labute approximate surface area is 112 Å². The Morgan fingerprint density at radius 1 is 1.39 bits per heavy atom. The van der Waals surface area contributed by atoms with E-state index >= 15 is 0 Å². The standard InChI is InChI=1S/C15H16ClNO/c1-2-12-9-17-8-11-6-13-10(7-15(11)18-12)4-3-5-14(13)16/h3-7,12,17H,2,8-9H2,1H3/t12-/m1/s1. The monoisotopic (exact) mass is 261 g/mol. The second-order valence-electron chi connectivity index (χ2n) is 4.70. The summed E-state index contributed by atoms with van der Waals surface area (Å²) in [6, 6.07) is 10.2. The van der Waals surface area contributed by atoms with Crippen molar-refractivity contribution in [1.29, 1.82) is 0 Å². The van der Waals surface area contributed by atoms with Crippen molar-refractivity contribution >= 4 is 22.4 Å². The zero-order chi connectivity index (χ0) is 12.5. The van der Waals surface area contributed by atoms with Crippen molar-refractivity contribution in [3.05, 3.63) is 40.9 Å². The first-order chi connectivity index (χ1) is 8.78. The third kappa shape index (κ3) is 2.06. The highest BCUT2D eigenvalue weighted by molar-refractivity contribution is 6.35. The fourth-order valence-electron chi connectivity index (χ4n) is 2.38. The lowest BCUT2D eigenvalue weighted by Gasteiger charge is -2.15. The zero-order valence-electron chi connectivity index (χ0n) is 10.4. The average Bonchev–Trinajstić information content (AvgIpc) is 2.58. The molecule has 94 valence electrons. The first-order valence-electron chi connectivity index (χ1n) is 6.36. The lowest BCUT2D eigenvalue weighted by molar-refractivity contribution is 0.202. The minimum atomic E-state index is 0.253. The summed E-state index contributed by atoms with van der Waals surface area (Å²) in [6.45, 7) is 3.89. The maximum absolute atomic E-state index is 6.24. The van der Waals surface area contributed by atoms with Gasteiger partial charge in [0.1, 0.15) is 11.9 Å². The molecule has 1 aliphatic rings. The summed E-state index contributed by atoms with van der Waals surface area (Å²) in [4.78, 5) is 0. The summed E-state index contributed by atoms with van der Waals surface area (Å²) in [6.07, 6.45) is 1.27. The minimum absolute atomic E-state index is 0.253. The van der Waals surface area contributed by atoms with E-state index in [0.717, 1.165) is 41.1 Å². The van der Waals surface area contributed by atoms with E-state index in [1.807, 2.05) is 12.1 Å². The van der Waals surface area contributed by atoms with Gasteiger partial charge in [0.2, 0.25) is 0 Å². The van der Waals surface area contributed by atoms with Gasteiger partial charge in [-0.1, -0.05) is 30.7 Å². The molecular formula is C15H16ClNO. The van der Waals surface area contributed by atoms with Gasteiger partial charge in [0.15, 0.2) is 0 Å². The highest BCUT2D eigenvalue weighted by Gasteiger charge is 2.16. The molecule has 18 heavy (non-hydrogen) atoms. The van der Waals surface area contributed by atoms with Gasteiger partial charge < -0.3 is 10.1 Å². The quantitative estimate of drug-likeness (QED) is 0.844. The summed E-state index contributed by atoms with van der Waals surface area (Å²) in [5.74, 6) is 0.988. The number of hydrogen-bond acceptors (Lipinski definition) is 2. The zero-order valence-corrected chi connectivity index (χ0v) is 11.1. The molecule has 2 aromatic carbocycles. The van der Waals surface area contributed by atoms with Crippen LogP contribution in [0, 0.1) is 0 Å². The number of hydrogen-bond donors (Lipinski definition) is 1. The molecule has 0 saturated heterocycles. The fraction of sp³-hybridized carbons (Fsp3) is 0.333. The highest BCUT2D eigenvalue weighted by atomic mass is 35.5. The average molecular weight is 262 g/mol. The first-order valence-corrected chi connectivity index (χ1v) is 6.74. The Kier molecular flexibility index (Phi) is 3.14. The molecule has 0 spiro atoms. The van der Waals surface area contributed by atoms with Gasteiger partial charge in [-0.3, -0.25) is 0 Å². The topological polar surface area (TPSA) is 21.3 Å². The van der Waals surface area contributed by atoms with Crippen LogP contribution < -0.4 is 10.1 Å². The van der Waals surface area contributed by atoms with E-state index in [2.05, 4.69) is 30.4 Å². The Balaban J connectivity index is 2.13. The molecular weight excluding hydrogens is 246 g/mol. The largest absolute Gasteiger partial charge is 0.489 e. The van der Waals surface area contributed by atoms with E-state index in [1.165, 1.54) is 5.56 Å². The Morgan fingerprint density at radius 2 is 2.28 bits per heavy atom. The number of rotatable bonds is 1. The van der Waals surface area contributed by atoms with Gasteiger partial charge in [0, 0.05) is 29.1 Å². The molecule has 3 rings (SSSR count). The van der Waals surface area contributed by atoms with Crippen LogP contribution in [0.3, 0.4) is 0 Å². The molecule has 0 aliphatic carbocycles. The Bertz CT molecular complexity index is 582. The smallest absolute Gasteiger partial charge is 0.124 e. The maximum atomic E-state index is 6.24. The van der Waals surface area contributed by atoms with Crippen molar-refractivity contribution in [3.63, 3.8) is 0 Å². The van der Waals surface area contributed by atoms with Crippen molar-refractivity contribution in [2.45, 2.75) is 26.0 Å². The van der Waals surface area contributed by atoms with Crippen LogP contribution in [0.2, 0.25) is 5.02 Å². The molecule has 0 aromatic heterocycles. The van der Waals surface area contributed by atoms with Crippen molar-refractivity contribution < 1.29 is 4.74 Å². The molecule has 2 aromatic rings. The van der Waals surface area contributed by atoms with Crippen molar-refractivity contribution in [2.24, 2.45) is 0 Å². The van der Waals surface area contributed by atoms with Crippen LogP contribution in [0.5, 0.6) is 5.75 Å². The molecule has 0 bridgehead atoms. The number of benzene rings is 2. The second-order valence-corrected chi connectivity index (χ2v) is 5.11. The number of nitrogens with one attached hydrogen (secondary N) is 1. The van der Waals surface area contributed by atoms with E-state index in [9.17, 15) is 0 Å². The lowest BCUT2D eigenvalue weighted by Crippen LogP contribution is -2.27. The summed E-state index contributed by atoms with van der Waals surface area (Å²) < 4.78 is 6.05. The van der Waals surface area contributed by atoms with Crippen molar-refractivity contribution in [3.8, 4) is 5.75 Å². The molecule has 1 N–H and O–H groups in total. The minimum Gasteiger partial charge on any atom is -0.489 e. The van der Waals surface area contributed by atoms with E-state index in [-0.39, 0.29) is 6.10 Å². The number of halogens is 1. The van der Waals surface area contributed by atoms with Gasteiger partial charge in [-0.05, 0) is 30.0 Å². The number of fused-ring (bicyclic) bond motifs is 2. The maximum Gasteiger partial charge on any atom is 0.124 e. The van der Waals surface area contributed by atoms with Crippen LogP contribution in [-0.2, 0) is 6.54 Å². The Hall–Kier alpha value is -1.25. The molecule has 0 amide bonds. The van der Waals surface area contributed by atoms with Crippen LogP contribution >= 0.6 is 11.6 Å². The lowest BCUT2D eigenvalue weighted by atomic mass is 10.1. The summed E-state index contributed by atoms with van der Waals surface area (Å²) in [7, 11) is 0. The third-order valence-corrected chi connectivity index (χ3v) is 3.77.